The molecule has 0 heterocycles. The van der Waals surface area contributed by atoms with Crippen LogP contribution in [-0.4, -0.2) is 0 Å². The molecule has 0 spiro atoms. The zero-order chi connectivity index (χ0) is 10.2. The fraction of sp³-hybridized carbons (Fsp3) is 0. The number of halogens is 5. The third kappa shape index (κ3) is 1.24. The fourth-order valence-electron chi connectivity index (χ4n) is 0.715. The third-order valence-electron chi connectivity index (χ3n) is 1.33. The van der Waals surface area contributed by atoms with Crippen molar-refractivity contribution < 1.29 is 22.0 Å². The molecule has 0 saturated heterocycles. The molecule has 0 atom stereocenters. The van der Waals surface area contributed by atoms with Crippen molar-refractivity contribution in [3.05, 3.63) is 41.1 Å². The molecule has 0 bridgehead atoms. The summed E-state index contributed by atoms with van der Waals surface area (Å²) in [6.07, 6.45) is 6.30. The number of hydrogen-bond acceptors (Lipinski definition) is 0. The lowest BCUT2D eigenvalue weighted by Crippen LogP contribution is -2.04. The molecule has 1 aromatic carbocycles. The van der Waals surface area contributed by atoms with Crippen LogP contribution in [0.2, 0.25) is 0 Å². The standard InChI is InChI=1S/C8F5/c1-2-3-4(9)6(11)8(13)7(12)5(3)10. The molecule has 0 nitrogen and oxygen atoms in total. The Morgan fingerprint density at radius 2 is 1.00 bits per heavy atom. The van der Waals surface area contributed by atoms with E-state index in [1.807, 2.05) is 0 Å². The highest BCUT2D eigenvalue weighted by Crippen LogP contribution is 2.21. The molecule has 1 aromatic rings. The zero-order valence-corrected chi connectivity index (χ0v) is 5.89. The Morgan fingerprint density at radius 1 is 0.692 bits per heavy atom. The molecule has 0 saturated carbocycles. The normalized spacial score (nSPS) is 9.85. The van der Waals surface area contributed by atoms with Gasteiger partial charge < -0.3 is 0 Å². The van der Waals surface area contributed by atoms with E-state index in [1.165, 1.54) is 0 Å². The van der Waals surface area contributed by atoms with Gasteiger partial charge in [0.15, 0.2) is 23.3 Å². The first kappa shape index (κ1) is 9.52. The second-order valence-electron chi connectivity index (χ2n) is 2.07. The molecular weight excluding hydrogens is 191 g/mol. The molecule has 67 valence electrons. The fourth-order valence-corrected chi connectivity index (χ4v) is 0.715. The number of rotatable bonds is 0. The van der Waals surface area contributed by atoms with Gasteiger partial charge in [-0.05, 0) is 12.3 Å². The van der Waals surface area contributed by atoms with Crippen molar-refractivity contribution in [1.82, 2.24) is 0 Å². The Kier molecular flexibility index (Phi) is 2.24. The van der Waals surface area contributed by atoms with Crippen LogP contribution in [0, 0.1) is 41.4 Å². The molecule has 0 amide bonds. The molecule has 1 rings (SSSR count). The first-order valence-electron chi connectivity index (χ1n) is 2.94. The van der Waals surface area contributed by atoms with Gasteiger partial charge >= 0.3 is 0 Å². The maximum Gasteiger partial charge on any atom is 0.200 e. The Labute approximate surface area is 70.0 Å². The SMILES string of the molecule is [C]#Cc1c(F)c(F)c(F)c(F)c1F. The molecular formula is C8F5. The van der Waals surface area contributed by atoms with E-state index in [1.54, 1.807) is 0 Å². The predicted octanol–water partition coefficient (Wildman–Crippen LogP) is 2.32. The minimum absolute atomic E-state index is 1.13. The minimum Gasteiger partial charge on any atom is -0.202 e. The Morgan fingerprint density at radius 3 is 1.31 bits per heavy atom. The molecule has 0 aliphatic rings. The lowest BCUT2D eigenvalue weighted by Gasteiger charge is -2.01. The van der Waals surface area contributed by atoms with E-state index in [2.05, 4.69) is 0 Å². The van der Waals surface area contributed by atoms with Crippen LogP contribution in [0.15, 0.2) is 0 Å². The summed E-state index contributed by atoms with van der Waals surface area (Å²) < 4.78 is 61.9. The van der Waals surface area contributed by atoms with Crippen LogP contribution in [0.4, 0.5) is 22.0 Å². The summed E-state index contributed by atoms with van der Waals surface area (Å²) in [6, 6.07) is 0. The molecule has 0 aliphatic heterocycles. The predicted molar refractivity (Wildman–Crippen MR) is 32.5 cm³/mol. The van der Waals surface area contributed by atoms with E-state index in [-0.39, 0.29) is 0 Å². The van der Waals surface area contributed by atoms with Crippen molar-refractivity contribution in [2.24, 2.45) is 0 Å². The maximum atomic E-state index is 12.5. The first-order chi connectivity index (χ1) is 6.00. The lowest BCUT2D eigenvalue weighted by atomic mass is 10.2. The van der Waals surface area contributed by atoms with Crippen LogP contribution in [0.25, 0.3) is 0 Å². The van der Waals surface area contributed by atoms with Gasteiger partial charge in [-0.1, -0.05) is 0 Å². The van der Waals surface area contributed by atoms with Gasteiger partial charge in [0, 0.05) is 0 Å². The summed E-state index contributed by atoms with van der Waals surface area (Å²) in [4.78, 5) is 0. The molecule has 1 radical (unpaired) electrons. The van der Waals surface area contributed by atoms with Gasteiger partial charge in [-0.3, -0.25) is 0 Å². The monoisotopic (exact) mass is 191 g/mol. The van der Waals surface area contributed by atoms with Crippen LogP contribution in [0.5, 0.6) is 0 Å². The highest BCUT2D eigenvalue weighted by Gasteiger charge is 2.24. The largest absolute Gasteiger partial charge is 0.202 e. The molecule has 0 aromatic heterocycles. The average molecular weight is 191 g/mol. The van der Waals surface area contributed by atoms with E-state index in [9.17, 15) is 22.0 Å². The van der Waals surface area contributed by atoms with Crippen molar-refractivity contribution in [3.63, 3.8) is 0 Å². The van der Waals surface area contributed by atoms with Gasteiger partial charge in [-0.25, -0.2) is 22.0 Å². The number of benzene rings is 1. The quantitative estimate of drug-likeness (QED) is 0.255. The van der Waals surface area contributed by atoms with Gasteiger partial charge in [0.2, 0.25) is 5.82 Å². The summed E-state index contributed by atoms with van der Waals surface area (Å²) in [5.74, 6) is -9.37. The van der Waals surface area contributed by atoms with Crippen LogP contribution in [0.1, 0.15) is 5.56 Å². The van der Waals surface area contributed by atoms with E-state index in [0.29, 0.717) is 0 Å². The first-order valence-corrected chi connectivity index (χ1v) is 2.94. The van der Waals surface area contributed by atoms with Crippen LogP contribution >= 0.6 is 0 Å². The molecule has 5 heteroatoms. The maximum absolute atomic E-state index is 12.5. The van der Waals surface area contributed by atoms with Crippen LogP contribution in [-0.2, 0) is 0 Å². The highest BCUT2D eigenvalue weighted by atomic mass is 19.2. The zero-order valence-electron chi connectivity index (χ0n) is 5.89. The van der Waals surface area contributed by atoms with Gasteiger partial charge in [0.1, 0.15) is 5.56 Å². The summed E-state index contributed by atoms with van der Waals surface area (Å²) in [7, 11) is 0. The second-order valence-corrected chi connectivity index (χ2v) is 2.07. The van der Waals surface area contributed by atoms with Crippen molar-refractivity contribution in [2.75, 3.05) is 0 Å². The van der Waals surface area contributed by atoms with Crippen LogP contribution < -0.4 is 0 Å². The lowest BCUT2D eigenvalue weighted by molar-refractivity contribution is 0.376. The highest BCUT2D eigenvalue weighted by molar-refractivity contribution is 5.35. The third-order valence-corrected chi connectivity index (χ3v) is 1.33. The van der Waals surface area contributed by atoms with Crippen molar-refractivity contribution in [3.8, 4) is 5.92 Å². The molecule has 13 heavy (non-hydrogen) atoms. The average Bonchev–Trinajstić information content (AvgIpc) is 2.13. The van der Waals surface area contributed by atoms with Crippen molar-refractivity contribution in [1.29, 1.82) is 0 Å². The van der Waals surface area contributed by atoms with E-state index in [0.717, 1.165) is 5.92 Å². The molecule has 0 unspecified atom stereocenters. The van der Waals surface area contributed by atoms with E-state index in [4.69, 9.17) is 6.42 Å². The number of hydrogen-bond donors (Lipinski definition) is 0. The summed E-state index contributed by atoms with van der Waals surface area (Å²) >= 11 is 0. The summed E-state index contributed by atoms with van der Waals surface area (Å²) in [6.45, 7) is 0. The van der Waals surface area contributed by atoms with Crippen molar-refractivity contribution >= 4 is 0 Å². The van der Waals surface area contributed by atoms with Gasteiger partial charge in [-0.15, -0.1) is 0 Å². The van der Waals surface area contributed by atoms with E-state index < -0.39 is 34.6 Å². The summed E-state index contributed by atoms with van der Waals surface area (Å²) in [5.41, 5.74) is -1.36. The van der Waals surface area contributed by atoms with Gasteiger partial charge in [0.05, 0.1) is 0 Å². The van der Waals surface area contributed by atoms with Gasteiger partial charge in [-0.2, -0.15) is 0 Å². The molecule has 0 fully saturated rings. The Balaban J connectivity index is 3.69. The van der Waals surface area contributed by atoms with Crippen LogP contribution in [0.3, 0.4) is 0 Å². The molecule has 0 N–H and O–H groups in total. The minimum atomic E-state index is -2.24. The van der Waals surface area contributed by atoms with Crippen molar-refractivity contribution in [2.45, 2.75) is 0 Å². The van der Waals surface area contributed by atoms with E-state index >= 15 is 0 Å². The molecule has 0 aliphatic carbocycles. The summed E-state index contributed by atoms with van der Waals surface area (Å²) in [5, 5.41) is 0. The topological polar surface area (TPSA) is 0 Å². The smallest absolute Gasteiger partial charge is 0.200 e. The Bertz CT molecular complexity index is 373. The Hall–Kier alpha value is -1.57. The van der Waals surface area contributed by atoms with Gasteiger partial charge in [0.25, 0.3) is 0 Å². The second kappa shape index (κ2) is 3.05.